The van der Waals surface area contributed by atoms with Crippen molar-refractivity contribution in [1.82, 2.24) is 9.55 Å². The second kappa shape index (κ2) is 41.2. The number of anilines is 1. The minimum Gasteiger partial charge on any atom is -0.462 e. The molecule has 0 saturated carbocycles. The van der Waals surface area contributed by atoms with E-state index in [2.05, 4.69) is 23.1 Å². The van der Waals surface area contributed by atoms with Crippen LogP contribution in [-0.2, 0) is 46.3 Å². The van der Waals surface area contributed by atoms with Crippen LogP contribution in [0.4, 0.5) is 5.82 Å². The van der Waals surface area contributed by atoms with Crippen LogP contribution in [-0.4, -0.2) is 96.9 Å². The predicted octanol–water partition coefficient (Wildman–Crippen LogP) is 10.9. The zero-order valence-electron chi connectivity index (χ0n) is 45.3. The lowest BCUT2D eigenvalue weighted by atomic mass is 10.0. The minimum absolute atomic E-state index is 0.0924. The molecule has 0 amide bonds. The van der Waals surface area contributed by atoms with Gasteiger partial charge in [0, 0.05) is 19.0 Å². The van der Waals surface area contributed by atoms with Crippen molar-refractivity contribution in [1.29, 1.82) is 0 Å². The lowest BCUT2D eigenvalue weighted by Gasteiger charge is -2.21. The molecule has 0 radical (unpaired) electrons. The third-order valence-electron chi connectivity index (χ3n) is 12.1. The van der Waals surface area contributed by atoms with Gasteiger partial charge in [0.25, 0.3) is 0 Å². The van der Waals surface area contributed by atoms with E-state index in [1.54, 1.807) is 12.2 Å². The van der Waals surface area contributed by atoms with Crippen molar-refractivity contribution < 1.29 is 71.4 Å². The van der Waals surface area contributed by atoms with Gasteiger partial charge in [0.05, 0.1) is 19.3 Å². The molecule has 21 heteroatoms. The third-order valence-corrected chi connectivity index (χ3v) is 14.7. The van der Waals surface area contributed by atoms with Gasteiger partial charge < -0.3 is 45.1 Å². The zero-order chi connectivity index (χ0) is 55.9. The second-order valence-electron chi connectivity index (χ2n) is 19.4. The van der Waals surface area contributed by atoms with Gasteiger partial charge in [-0.15, -0.1) is 0 Å². The van der Waals surface area contributed by atoms with E-state index < -0.39 is 89.8 Å². The molecule has 1 aliphatic heterocycles. The van der Waals surface area contributed by atoms with E-state index in [0.717, 1.165) is 61.6 Å². The van der Waals surface area contributed by atoms with Crippen LogP contribution >= 0.6 is 15.6 Å². The number of carbonyl (C=O) groups is 2. The smallest absolute Gasteiger partial charge is 0.462 e. The fourth-order valence-corrected chi connectivity index (χ4v) is 9.95. The topological polar surface area (TPSA) is 286 Å². The highest BCUT2D eigenvalue weighted by molar-refractivity contribution is 7.61. The number of nitrogens with zero attached hydrogens (tertiary/aromatic N) is 2. The lowest BCUT2D eigenvalue weighted by Crippen LogP contribution is -2.36. The molecular weight excluding hydrogens is 1020 g/mol. The standard InChI is InChI=1S/C55H91N3O16P2/c1-4-5-30-36-46(59)37-32-27-23-19-15-11-9-13-17-21-25-29-34-39-51(61)72-47(42-69-50(60)38-33-28-24-20-16-12-8-6-7-10-14-18-22-26-31-35-45(2)3)43-70-75(65,66)74-76(67,68)71-44-48-52(62)53(63)54(73-48)58-41-40-49(56)57-55(58)64/h5,11,13,15,17,23,25,27,29-30,32,37,40-41,45-48,52-54,59,62-63H,4,6-10,12,14,16,18-22,24,26,28,31,33-36,38-39,42-44H2,1-3H3,(H,65,66)(H,67,68)(H2,56,57,64)/b15-11-,17-13-,27-23+,29-25-,30-5-,37-32+/t46?,47-,48-,52-,53-,54-/m1/s1. The fourth-order valence-electron chi connectivity index (χ4n) is 7.84. The molecule has 19 nitrogen and oxygen atoms in total. The Morgan fingerprint density at radius 2 is 1.30 bits per heavy atom. The van der Waals surface area contributed by atoms with Crippen molar-refractivity contribution in [2.75, 3.05) is 25.6 Å². The molecule has 1 aliphatic rings. The van der Waals surface area contributed by atoms with Gasteiger partial charge in [-0.25, -0.2) is 13.9 Å². The van der Waals surface area contributed by atoms with E-state index in [4.69, 9.17) is 29.0 Å². The van der Waals surface area contributed by atoms with Crippen molar-refractivity contribution in [2.45, 2.75) is 212 Å². The van der Waals surface area contributed by atoms with Crippen LogP contribution in [0.15, 0.2) is 90.0 Å². The maximum absolute atomic E-state index is 12.9. The van der Waals surface area contributed by atoms with E-state index >= 15 is 0 Å². The highest BCUT2D eigenvalue weighted by atomic mass is 31.3. The lowest BCUT2D eigenvalue weighted by molar-refractivity contribution is -0.161. The van der Waals surface area contributed by atoms with E-state index in [0.29, 0.717) is 25.7 Å². The summed E-state index contributed by atoms with van der Waals surface area (Å²) in [5.74, 6) is -0.623. The van der Waals surface area contributed by atoms with Crippen LogP contribution < -0.4 is 11.4 Å². The Balaban J connectivity index is 1.81. The number of esters is 2. The van der Waals surface area contributed by atoms with E-state index in [1.165, 1.54) is 76.7 Å². The summed E-state index contributed by atoms with van der Waals surface area (Å²) in [5, 5.41) is 30.8. The molecule has 2 heterocycles. The van der Waals surface area contributed by atoms with Gasteiger partial charge in [0.2, 0.25) is 0 Å². The van der Waals surface area contributed by atoms with E-state index in [9.17, 15) is 48.6 Å². The summed E-state index contributed by atoms with van der Waals surface area (Å²) >= 11 is 0. The molecule has 7 N–H and O–H groups in total. The number of aromatic nitrogens is 2. The van der Waals surface area contributed by atoms with Gasteiger partial charge in [-0.1, -0.05) is 190 Å². The average Bonchev–Trinajstić information content (AvgIpc) is 3.64. The first-order valence-corrected chi connectivity index (χ1v) is 30.4. The van der Waals surface area contributed by atoms with Crippen LogP contribution in [0.2, 0.25) is 0 Å². The van der Waals surface area contributed by atoms with Crippen LogP contribution in [0.25, 0.3) is 0 Å². The average molecular weight is 1110 g/mol. The molecule has 1 saturated heterocycles. The Morgan fingerprint density at radius 1 is 0.737 bits per heavy atom. The quantitative estimate of drug-likeness (QED) is 0.0116. The Labute approximate surface area is 451 Å². The van der Waals surface area contributed by atoms with Gasteiger partial charge in [-0.05, 0) is 56.9 Å². The molecule has 8 atom stereocenters. The number of aliphatic hydroxyl groups is 3. The molecule has 0 bridgehead atoms. The molecule has 1 aromatic rings. The molecule has 2 rings (SSSR count). The summed E-state index contributed by atoms with van der Waals surface area (Å²) in [4.78, 5) is 62.0. The van der Waals surface area contributed by atoms with Gasteiger partial charge >= 0.3 is 33.3 Å². The van der Waals surface area contributed by atoms with E-state index in [-0.39, 0.29) is 18.7 Å². The first kappa shape index (κ1) is 68.3. The fraction of sp³-hybridized carbons (Fsp3) is 0.673. The minimum atomic E-state index is -5.45. The van der Waals surface area contributed by atoms with Crippen LogP contribution in [0.5, 0.6) is 0 Å². The number of hydrogen-bond acceptors (Lipinski definition) is 16. The molecule has 1 aromatic heterocycles. The first-order chi connectivity index (χ1) is 36.4. The highest BCUT2D eigenvalue weighted by Gasteiger charge is 2.46. The Bertz CT molecular complexity index is 2090. The number of hydrogen-bond donors (Lipinski definition) is 6. The monoisotopic (exact) mass is 1110 g/mol. The van der Waals surface area contributed by atoms with Crippen LogP contribution in [0.1, 0.15) is 181 Å². The molecule has 76 heavy (non-hydrogen) atoms. The number of nitrogens with two attached hydrogens (primary N) is 1. The van der Waals surface area contributed by atoms with Gasteiger partial charge in [-0.2, -0.15) is 9.29 Å². The van der Waals surface area contributed by atoms with Gasteiger partial charge in [0.15, 0.2) is 12.3 Å². The largest absolute Gasteiger partial charge is 0.481 e. The normalized spacial score (nSPS) is 19.8. The Hall–Kier alpha value is -3.84. The van der Waals surface area contributed by atoms with Gasteiger partial charge in [0.1, 0.15) is 30.7 Å². The molecule has 0 aromatic carbocycles. The van der Waals surface area contributed by atoms with Crippen molar-refractivity contribution in [3.63, 3.8) is 0 Å². The Kier molecular flexibility index (Phi) is 37.0. The summed E-state index contributed by atoms with van der Waals surface area (Å²) in [7, 11) is -10.9. The van der Waals surface area contributed by atoms with Gasteiger partial charge in [-0.3, -0.25) is 23.2 Å². The summed E-state index contributed by atoms with van der Waals surface area (Å²) in [5.41, 5.74) is 4.58. The summed E-state index contributed by atoms with van der Waals surface area (Å²) in [6, 6.07) is 1.24. The number of nitrogen functional groups attached to an aromatic ring is 1. The summed E-state index contributed by atoms with van der Waals surface area (Å²) in [6.07, 6.45) is 39.0. The highest BCUT2D eigenvalue weighted by Crippen LogP contribution is 2.60. The first-order valence-electron chi connectivity index (χ1n) is 27.4. The van der Waals surface area contributed by atoms with Crippen LogP contribution in [0.3, 0.4) is 0 Å². The predicted molar refractivity (Wildman–Crippen MR) is 294 cm³/mol. The van der Waals surface area contributed by atoms with Crippen molar-refractivity contribution >= 4 is 33.4 Å². The number of unbranched alkanes of at least 4 members (excludes halogenated alkanes) is 14. The zero-order valence-corrected chi connectivity index (χ0v) is 47.1. The SMILES string of the molecule is CC/C=C\CC(O)/C=C/C=C/C/C=C\C/C=C\C/C=C\CCC(=O)O[C@H](COC(=O)CCCCCCCCCCCCCCCCCC(C)C)COP(=O)(O)OP(=O)(O)OC[C@H]1O[C@@H](n2ccc(N)nc2=O)[C@H](O)[C@@H]1O. The van der Waals surface area contributed by atoms with Crippen molar-refractivity contribution in [2.24, 2.45) is 5.92 Å². The number of ether oxygens (including phenoxy) is 3. The molecule has 3 unspecified atom stereocenters. The number of aliphatic hydroxyl groups excluding tert-OH is 3. The molecule has 1 fully saturated rings. The number of phosphoric acid groups is 2. The summed E-state index contributed by atoms with van der Waals surface area (Å²) < 4.78 is 56.8. The summed E-state index contributed by atoms with van der Waals surface area (Å²) in [6.45, 7) is 4.22. The van der Waals surface area contributed by atoms with Crippen molar-refractivity contribution in [3.8, 4) is 0 Å². The Morgan fingerprint density at radius 3 is 1.89 bits per heavy atom. The maximum Gasteiger partial charge on any atom is 0.481 e. The molecular formula is C55H91N3O16P2. The number of rotatable bonds is 44. The number of allylic oxidation sites excluding steroid dienone is 10. The van der Waals surface area contributed by atoms with Crippen molar-refractivity contribution in [3.05, 3.63) is 95.7 Å². The number of carbonyl (C=O) groups excluding carboxylic acids is 2. The third kappa shape index (κ3) is 34.1. The molecule has 432 valence electrons. The van der Waals surface area contributed by atoms with E-state index in [1.807, 2.05) is 67.7 Å². The number of phosphoric ester groups is 2. The molecule has 0 aliphatic carbocycles. The maximum atomic E-state index is 12.9. The second-order valence-corrected chi connectivity index (χ2v) is 22.4. The molecule has 0 spiro atoms. The van der Waals surface area contributed by atoms with Crippen LogP contribution in [0, 0.1) is 5.92 Å².